The molecule has 1 unspecified atom stereocenters. The summed E-state index contributed by atoms with van der Waals surface area (Å²) in [6.45, 7) is 0. The lowest BCUT2D eigenvalue weighted by molar-refractivity contribution is -0.139. The van der Waals surface area contributed by atoms with E-state index < -0.39 is 18.0 Å². The molecule has 0 aromatic heterocycles. The van der Waals surface area contributed by atoms with Gasteiger partial charge in [0.15, 0.2) is 0 Å². The van der Waals surface area contributed by atoms with Crippen molar-refractivity contribution >= 4 is 45.4 Å². The van der Waals surface area contributed by atoms with Gasteiger partial charge in [0, 0.05) is 4.47 Å². The summed E-state index contributed by atoms with van der Waals surface area (Å²) in [6, 6.07) is 5.14. The van der Waals surface area contributed by atoms with Crippen molar-refractivity contribution in [1.82, 2.24) is 5.32 Å². The Morgan fingerprint density at radius 2 is 2.24 bits per heavy atom. The third kappa shape index (κ3) is 5.65. The molecule has 1 aromatic carbocycles. The molecule has 0 heterocycles. The summed E-state index contributed by atoms with van der Waals surface area (Å²) in [5, 5.41) is 22.8. The summed E-state index contributed by atoms with van der Waals surface area (Å²) in [6.07, 6.45) is 2.21. The molecule has 1 rings (SSSR count). The molecule has 1 atom stereocenters. The number of carboxylic acid groups (broad SMARTS) is 1. The highest BCUT2D eigenvalue weighted by molar-refractivity contribution is 9.10. The molecule has 0 aliphatic heterocycles. The zero-order valence-electron chi connectivity index (χ0n) is 11.2. The zero-order chi connectivity index (χ0) is 15.8. The molecule has 6 nitrogen and oxygen atoms in total. The van der Waals surface area contributed by atoms with E-state index in [2.05, 4.69) is 26.6 Å². The smallest absolute Gasteiger partial charge is 0.326 e. The Kier molecular flexibility index (Phi) is 7.05. The molecule has 0 aliphatic rings. The molecule has 21 heavy (non-hydrogen) atoms. The molecule has 0 spiro atoms. The van der Waals surface area contributed by atoms with Crippen LogP contribution in [0.5, 0.6) is 0 Å². The Morgan fingerprint density at radius 1 is 1.52 bits per heavy atom. The van der Waals surface area contributed by atoms with Gasteiger partial charge in [0.25, 0.3) is 0 Å². The lowest BCUT2D eigenvalue weighted by Gasteiger charge is -2.15. The number of nitriles is 1. The van der Waals surface area contributed by atoms with Crippen molar-refractivity contribution in [2.45, 2.75) is 12.5 Å². The van der Waals surface area contributed by atoms with Crippen LogP contribution >= 0.6 is 27.7 Å². The number of carbonyl (C=O) groups excluding carboxylic acids is 1. The molecule has 1 aromatic rings. The maximum atomic E-state index is 11.8. The van der Waals surface area contributed by atoms with Crippen LogP contribution in [0, 0.1) is 11.3 Å². The van der Waals surface area contributed by atoms with Crippen LogP contribution in [0.1, 0.15) is 12.0 Å². The fourth-order valence-electron chi connectivity index (χ4n) is 1.50. The van der Waals surface area contributed by atoms with Crippen LogP contribution in [0.3, 0.4) is 0 Å². The molecular formula is C13H14BrN3O3S. The number of nitrogens with zero attached hydrogens (tertiary/aromatic N) is 1. The van der Waals surface area contributed by atoms with Gasteiger partial charge in [0.05, 0.1) is 17.3 Å². The number of hydrogen-bond donors (Lipinski definition) is 3. The third-order valence-electron chi connectivity index (χ3n) is 2.56. The number of anilines is 1. The number of benzene rings is 1. The highest BCUT2D eigenvalue weighted by atomic mass is 79.9. The van der Waals surface area contributed by atoms with Crippen LogP contribution < -0.4 is 10.6 Å². The van der Waals surface area contributed by atoms with E-state index in [1.54, 1.807) is 18.2 Å². The van der Waals surface area contributed by atoms with Crippen LogP contribution in [0.15, 0.2) is 22.7 Å². The van der Waals surface area contributed by atoms with E-state index in [1.165, 1.54) is 11.8 Å². The van der Waals surface area contributed by atoms with Crippen molar-refractivity contribution in [1.29, 1.82) is 5.26 Å². The fourth-order valence-corrected chi connectivity index (χ4v) is 2.45. The topological polar surface area (TPSA) is 102 Å². The molecule has 0 saturated carbocycles. The fraction of sp³-hybridized carbons (Fsp3) is 0.308. The van der Waals surface area contributed by atoms with E-state index in [1.807, 2.05) is 12.3 Å². The van der Waals surface area contributed by atoms with Crippen molar-refractivity contribution in [3.05, 3.63) is 28.2 Å². The minimum Gasteiger partial charge on any atom is -0.480 e. The minimum atomic E-state index is -1.07. The first-order chi connectivity index (χ1) is 9.97. The number of nitrogens with one attached hydrogen (secondary N) is 2. The van der Waals surface area contributed by atoms with Gasteiger partial charge in [-0.15, -0.1) is 0 Å². The largest absolute Gasteiger partial charge is 0.480 e. The highest BCUT2D eigenvalue weighted by Gasteiger charge is 2.19. The molecule has 8 heteroatoms. The predicted molar refractivity (Wildman–Crippen MR) is 85.4 cm³/mol. The van der Waals surface area contributed by atoms with Crippen LogP contribution in [0.2, 0.25) is 0 Å². The van der Waals surface area contributed by atoms with Crippen LogP contribution in [0.25, 0.3) is 0 Å². The first kappa shape index (κ1) is 17.3. The van der Waals surface area contributed by atoms with Gasteiger partial charge in [-0.3, -0.25) is 0 Å². The van der Waals surface area contributed by atoms with E-state index in [-0.39, 0.29) is 0 Å². The van der Waals surface area contributed by atoms with E-state index in [4.69, 9.17) is 10.4 Å². The standard InChI is InChI=1S/C13H14BrN3O3S/c1-21-5-4-11(12(18)19)17-13(20)16-10-3-2-8(7-15)6-9(10)14/h2-3,6,11H,4-5H2,1H3,(H,18,19)(H2,16,17,20). The Labute approximate surface area is 135 Å². The maximum Gasteiger partial charge on any atom is 0.326 e. The van der Waals surface area contributed by atoms with Crippen molar-refractivity contribution in [3.63, 3.8) is 0 Å². The zero-order valence-corrected chi connectivity index (χ0v) is 13.6. The average molecular weight is 372 g/mol. The van der Waals surface area contributed by atoms with Gasteiger partial charge in [-0.05, 0) is 52.6 Å². The Balaban J connectivity index is 2.68. The number of aliphatic carboxylic acids is 1. The summed E-state index contributed by atoms with van der Waals surface area (Å²) in [5.41, 5.74) is 0.914. The normalized spacial score (nSPS) is 11.3. The van der Waals surface area contributed by atoms with Gasteiger partial charge < -0.3 is 15.7 Å². The van der Waals surface area contributed by atoms with Crippen molar-refractivity contribution in [3.8, 4) is 6.07 Å². The first-order valence-corrected chi connectivity index (χ1v) is 8.15. The monoisotopic (exact) mass is 371 g/mol. The number of carbonyl (C=O) groups is 2. The second-order valence-electron chi connectivity index (χ2n) is 4.08. The molecule has 0 saturated heterocycles. The van der Waals surface area contributed by atoms with Gasteiger partial charge in [0.1, 0.15) is 6.04 Å². The summed E-state index contributed by atoms with van der Waals surface area (Å²) in [7, 11) is 0. The van der Waals surface area contributed by atoms with Crippen LogP contribution in [0.4, 0.5) is 10.5 Å². The second kappa shape index (κ2) is 8.54. The maximum absolute atomic E-state index is 11.8. The SMILES string of the molecule is CSCCC(NC(=O)Nc1ccc(C#N)cc1Br)C(=O)O. The number of carboxylic acids is 1. The van der Waals surface area contributed by atoms with E-state index in [0.29, 0.717) is 27.9 Å². The Bertz CT molecular complexity index is 574. The minimum absolute atomic E-state index is 0.346. The summed E-state index contributed by atoms with van der Waals surface area (Å²) in [5.74, 6) is -0.434. The molecule has 0 radical (unpaired) electrons. The molecule has 0 fully saturated rings. The van der Waals surface area contributed by atoms with Crippen LogP contribution in [-0.4, -0.2) is 35.2 Å². The number of amides is 2. The van der Waals surface area contributed by atoms with Gasteiger partial charge in [-0.2, -0.15) is 17.0 Å². The third-order valence-corrected chi connectivity index (χ3v) is 3.86. The lowest BCUT2D eigenvalue weighted by atomic mass is 10.2. The molecule has 0 aliphatic carbocycles. The van der Waals surface area contributed by atoms with Crippen molar-refractivity contribution in [2.75, 3.05) is 17.3 Å². The number of halogens is 1. The second-order valence-corrected chi connectivity index (χ2v) is 5.92. The van der Waals surface area contributed by atoms with Gasteiger partial charge in [-0.25, -0.2) is 9.59 Å². The van der Waals surface area contributed by atoms with Crippen molar-refractivity contribution < 1.29 is 14.7 Å². The highest BCUT2D eigenvalue weighted by Crippen LogP contribution is 2.23. The van der Waals surface area contributed by atoms with Crippen LogP contribution in [-0.2, 0) is 4.79 Å². The van der Waals surface area contributed by atoms with E-state index in [0.717, 1.165) is 0 Å². The van der Waals surface area contributed by atoms with Gasteiger partial charge in [-0.1, -0.05) is 0 Å². The summed E-state index contributed by atoms with van der Waals surface area (Å²) < 4.78 is 0.549. The molecule has 0 bridgehead atoms. The quantitative estimate of drug-likeness (QED) is 0.713. The predicted octanol–water partition coefficient (Wildman–Crippen LogP) is 2.65. The molecular weight excluding hydrogens is 358 g/mol. The molecule has 112 valence electrons. The van der Waals surface area contributed by atoms with Crippen molar-refractivity contribution in [2.24, 2.45) is 0 Å². The summed E-state index contributed by atoms with van der Waals surface area (Å²) in [4.78, 5) is 22.9. The van der Waals surface area contributed by atoms with Gasteiger partial charge >= 0.3 is 12.0 Å². The summed E-state index contributed by atoms with van der Waals surface area (Å²) >= 11 is 4.75. The van der Waals surface area contributed by atoms with Gasteiger partial charge in [0.2, 0.25) is 0 Å². The molecule has 3 N–H and O–H groups in total. The number of rotatable bonds is 6. The molecule has 2 amide bonds. The Hall–Kier alpha value is -1.72. The number of urea groups is 1. The average Bonchev–Trinajstić information content (AvgIpc) is 2.45. The lowest BCUT2D eigenvalue weighted by Crippen LogP contribution is -2.43. The first-order valence-electron chi connectivity index (χ1n) is 5.96. The van der Waals surface area contributed by atoms with E-state index >= 15 is 0 Å². The Morgan fingerprint density at radius 3 is 2.76 bits per heavy atom. The van der Waals surface area contributed by atoms with E-state index in [9.17, 15) is 9.59 Å². The number of thioether (sulfide) groups is 1. The number of hydrogen-bond acceptors (Lipinski definition) is 4.